The second-order valence-electron chi connectivity index (χ2n) is 6.96. The number of fused-ring (bicyclic) bond motifs is 1. The van der Waals surface area contributed by atoms with Gasteiger partial charge >= 0.3 is 0 Å². The summed E-state index contributed by atoms with van der Waals surface area (Å²) in [6.45, 7) is 5.10. The number of nitrogens with two attached hydrogens (primary N) is 3. The van der Waals surface area contributed by atoms with Gasteiger partial charge in [-0.2, -0.15) is 0 Å². The van der Waals surface area contributed by atoms with Crippen LogP contribution in [0.15, 0.2) is 48.8 Å². The van der Waals surface area contributed by atoms with E-state index in [4.69, 9.17) is 17.3 Å². The zero-order valence-electron chi connectivity index (χ0n) is 16.7. The number of carbonyl (C=O) groups excluding carboxylic acids is 1. The molecule has 0 radical (unpaired) electrons. The summed E-state index contributed by atoms with van der Waals surface area (Å²) < 4.78 is 1.90. The van der Waals surface area contributed by atoms with Gasteiger partial charge in [0.05, 0.1) is 11.3 Å². The van der Waals surface area contributed by atoms with Crippen molar-refractivity contribution in [3.05, 3.63) is 71.3 Å². The number of hydrogen-bond acceptors (Lipinski definition) is 6. The number of benzene rings is 1. The molecule has 0 aliphatic carbocycles. The Kier molecular flexibility index (Phi) is 6.16. The predicted molar refractivity (Wildman–Crippen MR) is 116 cm³/mol. The second kappa shape index (κ2) is 8.76. The number of rotatable bonds is 7. The van der Waals surface area contributed by atoms with Crippen molar-refractivity contribution in [2.75, 3.05) is 18.4 Å². The second-order valence-corrected chi connectivity index (χ2v) is 6.96. The Labute approximate surface area is 170 Å². The van der Waals surface area contributed by atoms with Crippen LogP contribution < -0.4 is 22.6 Å². The molecule has 152 valence electrons. The number of aromatic nitrogens is 2. The van der Waals surface area contributed by atoms with Crippen LogP contribution in [-0.2, 0) is 0 Å². The van der Waals surface area contributed by atoms with Gasteiger partial charge in [0.1, 0.15) is 5.65 Å². The first-order valence-electron chi connectivity index (χ1n) is 9.45. The predicted octanol–water partition coefficient (Wildman–Crippen LogP) is 1.99. The third kappa shape index (κ3) is 4.74. The fraction of sp³-hybridized carbons (Fsp3) is 0.238. The number of nitrogens with one attached hydrogen (secondary N) is 1. The van der Waals surface area contributed by atoms with Crippen molar-refractivity contribution < 1.29 is 4.79 Å². The largest absolute Gasteiger partial charge is 0.397 e. The molecule has 2 heterocycles. The summed E-state index contributed by atoms with van der Waals surface area (Å²) >= 11 is 0. The molecule has 0 atom stereocenters. The lowest BCUT2D eigenvalue weighted by atomic mass is 10.1. The molecule has 0 bridgehead atoms. The van der Waals surface area contributed by atoms with E-state index in [1.165, 1.54) is 5.01 Å². The zero-order valence-corrected chi connectivity index (χ0v) is 16.7. The molecule has 0 saturated heterocycles. The summed E-state index contributed by atoms with van der Waals surface area (Å²) in [5, 5.41) is 4.43. The third-order valence-electron chi connectivity index (χ3n) is 4.59. The van der Waals surface area contributed by atoms with Gasteiger partial charge in [-0.15, -0.1) is 0 Å². The van der Waals surface area contributed by atoms with Crippen LogP contribution in [0, 0.1) is 13.8 Å². The van der Waals surface area contributed by atoms with Crippen LogP contribution in [-0.4, -0.2) is 33.4 Å². The van der Waals surface area contributed by atoms with E-state index < -0.39 is 0 Å². The number of hydrazine groups is 1. The SMILES string of the molecule is Cc1cc(C)n2ccc(C(=O)Nc3ccc(/C(N)=C/N(N)CCCN)cc3)c2n1. The van der Waals surface area contributed by atoms with E-state index in [0.29, 0.717) is 35.7 Å². The highest BCUT2D eigenvalue weighted by molar-refractivity contribution is 6.08. The minimum absolute atomic E-state index is 0.212. The summed E-state index contributed by atoms with van der Waals surface area (Å²) in [6, 6.07) is 11.0. The Hall–Kier alpha value is -3.36. The van der Waals surface area contributed by atoms with Gasteiger partial charge in [-0.3, -0.25) is 4.79 Å². The normalized spacial score (nSPS) is 11.7. The van der Waals surface area contributed by atoms with E-state index >= 15 is 0 Å². The summed E-state index contributed by atoms with van der Waals surface area (Å²) in [5.74, 6) is 5.66. The van der Waals surface area contributed by atoms with E-state index in [0.717, 1.165) is 23.4 Å². The van der Waals surface area contributed by atoms with Crippen LogP contribution >= 0.6 is 0 Å². The van der Waals surface area contributed by atoms with Crippen molar-refractivity contribution in [1.29, 1.82) is 0 Å². The number of anilines is 1. The van der Waals surface area contributed by atoms with Gasteiger partial charge in [-0.05, 0) is 56.6 Å². The minimum atomic E-state index is -0.212. The van der Waals surface area contributed by atoms with Crippen molar-refractivity contribution in [2.45, 2.75) is 20.3 Å². The molecular weight excluding hydrogens is 366 g/mol. The molecule has 0 unspecified atom stereocenters. The molecule has 29 heavy (non-hydrogen) atoms. The molecular formula is C21H27N7O. The number of aryl methyl sites for hydroxylation is 2. The van der Waals surface area contributed by atoms with E-state index in [9.17, 15) is 4.79 Å². The van der Waals surface area contributed by atoms with Gasteiger partial charge in [0.2, 0.25) is 0 Å². The summed E-state index contributed by atoms with van der Waals surface area (Å²) in [7, 11) is 0. The molecule has 1 aromatic carbocycles. The topological polar surface area (TPSA) is 128 Å². The summed E-state index contributed by atoms with van der Waals surface area (Å²) in [5.41, 5.74) is 16.7. The third-order valence-corrected chi connectivity index (χ3v) is 4.59. The highest BCUT2D eigenvalue weighted by atomic mass is 16.1. The van der Waals surface area contributed by atoms with Crippen molar-refractivity contribution in [1.82, 2.24) is 14.4 Å². The van der Waals surface area contributed by atoms with Crippen LogP contribution in [0.25, 0.3) is 11.3 Å². The molecule has 2 aromatic heterocycles. The first-order chi connectivity index (χ1) is 13.9. The van der Waals surface area contributed by atoms with Crippen LogP contribution in [0.2, 0.25) is 0 Å². The van der Waals surface area contributed by atoms with E-state index in [-0.39, 0.29) is 5.91 Å². The van der Waals surface area contributed by atoms with Crippen LogP contribution in [0.5, 0.6) is 0 Å². The highest BCUT2D eigenvalue weighted by Crippen LogP contribution is 2.18. The Morgan fingerprint density at radius 1 is 1.24 bits per heavy atom. The number of nitrogens with zero attached hydrogens (tertiary/aromatic N) is 3. The molecule has 0 saturated carbocycles. The van der Waals surface area contributed by atoms with Crippen molar-refractivity contribution in [2.24, 2.45) is 17.3 Å². The van der Waals surface area contributed by atoms with Crippen LogP contribution in [0.3, 0.4) is 0 Å². The Bertz CT molecular complexity index is 1040. The first-order valence-corrected chi connectivity index (χ1v) is 9.45. The van der Waals surface area contributed by atoms with Gasteiger partial charge in [0, 0.05) is 36.0 Å². The smallest absolute Gasteiger partial charge is 0.259 e. The van der Waals surface area contributed by atoms with E-state index in [1.807, 2.05) is 42.6 Å². The van der Waals surface area contributed by atoms with Crippen molar-refractivity contribution >= 4 is 22.9 Å². The minimum Gasteiger partial charge on any atom is -0.397 e. The number of amides is 1. The molecule has 3 aromatic rings. The average Bonchev–Trinajstić information content (AvgIpc) is 3.11. The van der Waals surface area contributed by atoms with Gasteiger partial charge in [-0.1, -0.05) is 12.1 Å². The fourth-order valence-electron chi connectivity index (χ4n) is 3.11. The lowest BCUT2D eigenvalue weighted by Gasteiger charge is -2.14. The highest BCUT2D eigenvalue weighted by Gasteiger charge is 2.14. The summed E-state index contributed by atoms with van der Waals surface area (Å²) in [4.78, 5) is 17.2. The zero-order chi connectivity index (χ0) is 21.0. The fourth-order valence-corrected chi connectivity index (χ4v) is 3.11. The Morgan fingerprint density at radius 3 is 2.66 bits per heavy atom. The lowest BCUT2D eigenvalue weighted by molar-refractivity contribution is 0.102. The molecule has 8 heteroatoms. The number of carbonyl (C=O) groups is 1. The van der Waals surface area contributed by atoms with E-state index in [1.54, 1.807) is 24.4 Å². The monoisotopic (exact) mass is 393 g/mol. The Balaban J connectivity index is 1.73. The van der Waals surface area contributed by atoms with Gasteiger partial charge in [0.25, 0.3) is 5.91 Å². The van der Waals surface area contributed by atoms with Gasteiger partial charge in [-0.25, -0.2) is 10.8 Å². The van der Waals surface area contributed by atoms with Crippen molar-refractivity contribution in [3.63, 3.8) is 0 Å². The van der Waals surface area contributed by atoms with Gasteiger partial charge < -0.3 is 26.2 Å². The maximum Gasteiger partial charge on any atom is 0.259 e. The quantitative estimate of drug-likeness (QED) is 0.359. The molecule has 1 amide bonds. The molecule has 0 fully saturated rings. The van der Waals surface area contributed by atoms with Crippen LogP contribution in [0.1, 0.15) is 33.7 Å². The molecule has 0 aliphatic rings. The van der Waals surface area contributed by atoms with E-state index in [2.05, 4.69) is 10.3 Å². The molecule has 0 spiro atoms. The van der Waals surface area contributed by atoms with Crippen molar-refractivity contribution in [3.8, 4) is 0 Å². The maximum absolute atomic E-state index is 12.7. The van der Waals surface area contributed by atoms with Crippen LogP contribution in [0.4, 0.5) is 5.69 Å². The standard InChI is InChI=1S/C21H27N7O/c1-14-12-15(2)28-11-8-18(20(28)25-14)21(29)26-17-6-4-16(5-7-17)19(23)13-27(24)10-3-9-22/h4-8,11-13H,3,9-10,22-24H2,1-2H3,(H,26,29)/b19-13-. The first kappa shape index (κ1) is 20.4. The molecule has 3 rings (SSSR count). The summed E-state index contributed by atoms with van der Waals surface area (Å²) in [6.07, 6.45) is 4.31. The molecule has 7 N–H and O–H groups in total. The molecule has 0 aliphatic heterocycles. The average molecular weight is 393 g/mol. The maximum atomic E-state index is 12.7. The van der Waals surface area contributed by atoms with Gasteiger partial charge in [0.15, 0.2) is 0 Å². The molecule has 8 nitrogen and oxygen atoms in total. The lowest BCUT2D eigenvalue weighted by Crippen LogP contribution is -2.28. The number of hydrogen-bond donors (Lipinski definition) is 4. The Morgan fingerprint density at radius 2 is 1.97 bits per heavy atom.